The molecule has 3 aromatic rings. The summed E-state index contributed by atoms with van der Waals surface area (Å²) in [7, 11) is 4.67. The van der Waals surface area contributed by atoms with Crippen LogP contribution in [0.25, 0.3) is 11.3 Å². The van der Waals surface area contributed by atoms with Gasteiger partial charge in [-0.3, -0.25) is 10.1 Å². The average Bonchev–Trinajstić information content (AvgIpc) is 3.25. The number of rotatable bonds is 9. The van der Waals surface area contributed by atoms with Crippen molar-refractivity contribution in [1.29, 1.82) is 0 Å². The number of nitrogens with one attached hydrogen (secondary N) is 1. The van der Waals surface area contributed by atoms with Gasteiger partial charge in [-0.05, 0) is 30.0 Å². The predicted molar refractivity (Wildman–Crippen MR) is 114 cm³/mol. The maximum atomic E-state index is 12.4. The van der Waals surface area contributed by atoms with Crippen molar-refractivity contribution in [1.82, 2.24) is 5.16 Å². The molecule has 0 saturated heterocycles. The fraction of sp³-hybridized carbons (Fsp3) is 0.304. The molecule has 158 valence electrons. The molecule has 0 bridgehead atoms. The van der Waals surface area contributed by atoms with Crippen molar-refractivity contribution in [3.8, 4) is 28.5 Å². The molecule has 0 aliphatic carbocycles. The molecule has 1 N–H and O–H groups in total. The van der Waals surface area contributed by atoms with E-state index in [1.807, 2.05) is 18.2 Å². The third-order valence-electron chi connectivity index (χ3n) is 4.84. The molecule has 7 heteroatoms. The summed E-state index contributed by atoms with van der Waals surface area (Å²) in [5.41, 5.74) is 3.71. The number of hydrogen-bond donors (Lipinski definition) is 1. The van der Waals surface area contributed by atoms with E-state index in [9.17, 15) is 4.79 Å². The Balaban J connectivity index is 1.63. The molecule has 3 rings (SSSR count). The monoisotopic (exact) mass is 410 g/mol. The molecule has 0 radical (unpaired) electrons. The Morgan fingerprint density at radius 2 is 1.73 bits per heavy atom. The molecule has 2 aromatic carbocycles. The Morgan fingerprint density at radius 1 is 1.00 bits per heavy atom. The highest BCUT2D eigenvalue weighted by Crippen LogP contribution is 2.40. The van der Waals surface area contributed by atoms with Crippen LogP contribution >= 0.6 is 0 Å². The van der Waals surface area contributed by atoms with Crippen LogP contribution in [0, 0.1) is 0 Å². The predicted octanol–water partition coefficient (Wildman–Crippen LogP) is 4.50. The summed E-state index contributed by atoms with van der Waals surface area (Å²) < 4.78 is 21.4. The first-order chi connectivity index (χ1) is 14.6. The van der Waals surface area contributed by atoms with Gasteiger partial charge in [-0.15, -0.1) is 0 Å². The first kappa shape index (κ1) is 21.2. The zero-order valence-corrected chi connectivity index (χ0v) is 17.7. The average molecular weight is 410 g/mol. The summed E-state index contributed by atoms with van der Waals surface area (Å²) in [5, 5.41) is 6.79. The summed E-state index contributed by atoms with van der Waals surface area (Å²) in [4.78, 5) is 12.4. The number of ether oxygens (including phenoxy) is 3. The smallest absolute Gasteiger partial charge is 0.231 e. The first-order valence-corrected chi connectivity index (χ1v) is 9.73. The number of amides is 1. The topological polar surface area (TPSA) is 82.8 Å². The van der Waals surface area contributed by atoms with Gasteiger partial charge in [0, 0.05) is 18.1 Å². The van der Waals surface area contributed by atoms with Crippen molar-refractivity contribution >= 4 is 11.8 Å². The summed E-state index contributed by atoms with van der Waals surface area (Å²) in [6, 6.07) is 13.5. The van der Waals surface area contributed by atoms with Crippen molar-refractivity contribution in [2.45, 2.75) is 26.2 Å². The molecular formula is C23H26N2O5. The van der Waals surface area contributed by atoms with Crippen LogP contribution in [0.2, 0.25) is 0 Å². The second-order valence-corrected chi connectivity index (χ2v) is 6.67. The molecule has 1 heterocycles. The van der Waals surface area contributed by atoms with Gasteiger partial charge in [0.1, 0.15) is 5.69 Å². The summed E-state index contributed by atoms with van der Waals surface area (Å²) >= 11 is 0. The van der Waals surface area contributed by atoms with E-state index >= 15 is 0 Å². The molecule has 0 aliphatic heterocycles. The van der Waals surface area contributed by atoms with Crippen molar-refractivity contribution in [2.24, 2.45) is 0 Å². The third kappa shape index (κ3) is 4.74. The van der Waals surface area contributed by atoms with Crippen LogP contribution in [0.3, 0.4) is 0 Å². The van der Waals surface area contributed by atoms with E-state index in [2.05, 4.69) is 29.5 Å². The highest BCUT2D eigenvalue weighted by Gasteiger charge is 2.17. The number of aryl methyl sites for hydroxylation is 2. The van der Waals surface area contributed by atoms with Crippen LogP contribution < -0.4 is 19.5 Å². The zero-order valence-electron chi connectivity index (χ0n) is 17.7. The number of nitrogens with zero attached hydrogens (tertiary/aromatic N) is 1. The van der Waals surface area contributed by atoms with E-state index in [1.54, 1.807) is 33.5 Å². The maximum absolute atomic E-state index is 12.4. The lowest BCUT2D eigenvalue weighted by Gasteiger charge is -2.15. The molecule has 0 saturated carbocycles. The molecule has 0 aliphatic rings. The largest absolute Gasteiger partial charge is 0.493 e. The minimum atomic E-state index is -0.184. The van der Waals surface area contributed by atoms with Crippen molar-refractivity contribution in [3.63, 3.8) is 0 Å². The Hall–Kier alpha value is -3.48. The molecule has 0 unspecified atom stereocenters. The lowest BCUT2D eigenvalue weighted by atomic mass is 10.1. The second-order valence-electron chi connectivity index (χ2n) is 6.67. The lowest BCUT2D eigenvalue weighted by molar-refractivity contribution is -0.116. The fourth-order valence-corrected chi connectivity index (χ4v) is 3.19. The maximum Gasteiger partial charge on any atom is 0.231 e. The summed E-state index contributed by atoms with van der Waals surface area (Å²) in [6.07, 6.45) is 1.69. The standard InChI is InChI=1S/C23H26N2O5/c1-5-15-6-8-16(9-7-15)18-14-21(30-25-18)24-20(26)13-11-17-10-12-19(27-2)23(29-4)22(17)28-3/h6-10,12,14H,5,11,13H2,1-4H3,(H,24,26). The molecule has 1 aromatic heterocycles. The Kier molecular flexibility index (Phi) is 6.95. The van der Waals surface area contributed by atoms with Crippen LogP contribution in [0.15, 0.2) is 47.0 Å². The van der Waals surface area contributed by atoms with E-state index in [0.717, 1.165) is 17.5 Å². The third-order valence-corrected chi connectivity index (χ3v) is 4.84. The number of hydrogen-bond acceptors (Lipinski definition) is 6. The van der Waals surface area contributed by atoms with E-state index in [4.69, 9.17) is 18.7 Å². The number of methoxy groups -OCH3 is 3. The van der Waals surface area contributed by atoms with Crippen molar-refractivity contribution in [3.05, 3.63) is 53.6 Å². The quantitative estimate of drug-likeness (QED) is 0.559. The first-order valence-electron chi connectivity index (χ1n) is 9.73. The van der Waals surface area contributed by atoms with Crippen LogP contribution in [0.1, 0.15) is 24.5 Å². The zero-order chi connectivity index (χ0) is 21.5. The van der Waals surface area contributed by atoms with E-state index in [-0.39, 0.29) is 12.3 Å². The van der Waals surface area contributed by atoms with E-state index in [0.29, 0.717) is 35.2 Å². The van der Waals surface area contributed by atoms with Gasteiger partial charge in [-0.1, -0.05) is 42.4 Å². The number of anilines is 1. The minimum Gasteiger partial charge on any atom is -0.493 e. The van der Waals surface area contributed by atoms with Crippen LogP contribution in [-0.4, -0.2) is 32.4 Å². The molecule has 0 atom stereocenters. The number of benzene rings is 2. The molecule has 0 spiro atoms. The van der Waals surface area contributed by atoms with Gasteiger partial charge < -0.3 is 18.7 Å². The molecule has 30 heavy (non-hydrogen) atoms. The van der Waals surface area contributed by atoms with Gasteiger partial charge in [0.25, 0.3) is 0 Å². The van der Waals surface area contributed by atoms with E-state index in [1.165, 1.54) is 5.56 Å². The van der Waals surface area contributed by atoms with Gasteiger partial charge in [-0.25, -0.2) is 0 Å². The van der Waals surface area contributed by atoms with Gasteiger partial charge in [-0.2, -0.15) is 0 Å². The molecular weight excluding hydrogens is 384 g/mol. The highest BCUT2D eigenvalue weighted by atomic mass is 16.5. The Morgan fingerprint density at radius 3 is 2.37 bits per heavy atom. The van der Waals surface area contributed by atoms with Gasteiger partial charge >= 0.3 is 0 Å². The van der Waals surface area contributed by atoms with Gasteiger partial charge in [0.2, 0.25) is 17.5 Å². The SMILES string of the molecule is CCc1ccc(-c2cc(NC(=O)CCc3ccc(OC)c(OC)c3OC)on2)cc1. The lowest BCUT2D eigenvalue weighted by Crippen LogP contribution is -2.12. The van der Waals surface area contributed by atoms with Crippen molar-refractivity contribution < 1.29 is 23.5 Å². The van der Waals surface area contributed by atoms with Crippen molar-refractivity contribution in [2.75, 3.05) is 26.6 Å². The number of carbonyl (C=O) groups is 1. The fourth-order valence-electron chi connectivity index (χ4n) is 3.19. The van der Waals surface area contributed by atoms with Gasteiger partial charge in [0.05, 0.1) is 21.3 Å². The van der Waals surface area contributed by atoms with Crippen LogP contribution in [0.5, 0.6) is 17.2 Å². The summed E-state index contributed by atoms with van der Waals surface area (Å²) in [5.74, 6) is 1.77. The molecule has 1 amide bonds. The minimum absolute atomic E-state index is 0.184. The van der Waals surface area contributed by atoms with Crippen LogP contribution in [-0.2, 0) is 17.6 Å². The molecule has 7 nitrogen and oxygen atoms in total. The second kappa shape index (κ2) is 9.82. The Bertz CT molecular complexity index is 995. The van der Waals surface area contributed by atoms with E-state index < -0.39 is 0 Å². The van der Waals surface area contributed by atoms with Gasteiger partial charge in [0.15, 0.2) is 11.5 Å². The highest BCUT2D eigenvalue weighted by molar-refractivity contribution is 5.90. The summed E-state index contributed by atoms with van der Waals surface area (Å²) in [6.45, 7) is 2.11. The van der Waals surface area contributed by atoms with Crippen LogP contribution in [0.4, 0.5) is 5.88 Å². The number of aromatic nitrogens is 1. The Labute approximate surface area is 175 Å². The molecule has 0 fully saturated rings. The normalized spacial score (nSPS) is 10.5. The number of carbonyl (C=O) groups excluding carboxylic acids is 1.